The Balaban J connectivity index is 0. The summed E-state index contributed by atoms with van der Waals surface area (Å²) in [7, 11) is 0. The Morgan fingerprint density at radius 1 is 0.500 bits per heavy atom. The van der Waals surface area contributed by atoms with Crippen molar-refractivity contribution in [1.82, 2.24) is 0 Å². The van der Waals surface area contributed by atoms with E-state index in [9.17, 15) is 0 Å². The van der Waals surface area contributed by atoms with Crippen molar-refractivity contribution >= 4 is 0 Å². The summed E-state index contributed by atoms with van der Waals surface area (Å²) in [6, 6.07) is 0. The average Bonchev–Trinajstić information content (AvgIpc) is 0. The van der Waals surface area contributed by atoms with Crippen LogP contribution < -0.4 is 0 Å². The van der Waals surface area contributed by atoms with Crippen LogP contribution in [0.1, 0.15) is 0 Å². The van der Waals surface area contributed by atoms with Crippen LogP contribution >= 0.6 is 0 Å². The molecule has 0 spiro atoms. The van der Waals surface area contributed by atoms with E-state index in [1.54, 1.807) is 0 Å². The summed E-state index contributed by atoms with van der Waals surface area (Å²) in [4.78, 5) is 0. The van der Waals surface area contributed by atoms with Gasteiger partial charge in [0.1, 0.15) is 0 Å². The molecular formula is Co2Nb2. The maximum absolute atomic E-state index is 0. The summed E-state index contributed by atoms with van der Waals surface area (Å²) in [5, 5.41) is 0. The zero-order chi connectivity index (χ0) is 0. The van der Waals surface area contributed by atoms with Gasteiger partial charge in [0.05, 0.1) is 0 Å². The molecule has 0 N–H and O–H groups in total. The van der Waals surface area contributed by atoms with Crippen LogP contribution in [0.5, 0.6) is 0 Å². The zero-order valence-electron chi connectivity index (χ0n) is 1.56. The minimum absolute atomic E-state index is 0. The number of hydrogen-bond acceptors (Lipinski definition) is 0. The molecule has 0 rings (SSSR count). The van der Waals surface area contributed by atoms with Gasteiger partial charge < -0.3 is 0 Å². The van der Waals surface area contributed by atoms with Gasteiger partial charge in [-0.1, -0.05) is 0 Å². The Bertz CT molecular complexity index is 4.00. The van der Waals surface area contributed by atoms with Gasteiger partial charge in [-0.3, -0.25) is 0 Å². The molecule has 0 amide bonds. The Morgan fingerprint density at radius 3 is 0.500 bits per heavy atom. The van der Waals surface area contributed by atoms with E-state index < -0.39 is 0 Å². The van der Waals surface area contributed by atoms with E-state index in [0.29, 0.717) is 0 Å². The molecule has 4 radical (unpaired) electrons. The largest absolute Gasteiger partial charge is 0 e. The predicted octanol–water partition coefficient (Wildman–Crippen LogP) is -0.0100. The van der Waals surface area contributed by atoms with Crippen LogP contribution in [0.2, 0.25) is 0 Å². The second kappa shape index (κ2) is 17.8. The molecule has 28 valence electrons. The minimum Gasteiger partial charge on any atom is 0 e. The average molecular weight is 304 g/mol. The van der Waals surface area contributed by atoms with Crippen LogP contribution in [0, 0.1) is 0 Å². The first-order valence-corrected chi connectivity index (χ1v) is 0. The van der Waals surface area contributed by atoms with Crippen LogP contribution in [0.25, 0.3) is 0 Å². The Morgan fingerprint density at radius 2 is 0.500 bits per heavy atom. The standard InChI is InChI=1S/2Co.2Nb. The Hall–Kier alpha value is 2.49. The smallest absolute Gasteiger partial charge is 0 e. The first-order chi connectivity index (χ1) is 0. The van der Waals surface area contributed by atoms with Crippen molar-refractivity contribution < 1.29 is 78.3 Å². The second-order valence-corrected chi connectivity index (χ2v) is 0. The van der Waals surface area contributed by atoms with Gasteiger partial charge in [-0.05, 0) is 0 Å². The molecule has 0 saturated heterocycles. The van der Waals surface area contributed by atoms with Crippen LogP contribution in [0.4, 0.5) is 0 Å². The van der Waals surface area contributed by atoms with Crippen molar-refractivity contribution in [3.05, 3.63) is 0 Å². The second-order valence-electron chi connectivity index (χ2n) is 0. The molecular weight excluding hydrogens is 304 g/mol. The van der Waals surface area contributed by atoms with Gasteiger partial charge in [0.2, 0.25) is 0 Å². The van der Waals surface area contributed by atoms with Gasteiger partial charge >= 0.3 is 0 Å². The van der Waals surface area contributed by atoms with Crippen LogP contribution in [0.3, 0.4) is 0 Å². The van der Waals surface area contributed by atoms with Gasteiger partial charge in [0.15, 0.2) is 0 Å². The fraction of sp³-hybridized carbons (Fsp3) is 0. The summed E-state index contributed by atoms with van der Waals surface area (Å²) in [6.07, 6.45) is 0. The van der Waals surface area contributed by atoms with E-state index in [4.69, 9.17) is 0 Å². The van der Waals surface area contributed by atoms with Gasteiger partial charge in [0, 0.05) is 78.3 Å². The van der Waals surface area contributed by atoms with Crippen molar-refractivity contribution in [3.63, 3.8) is 0 Å². The summed E-state index contributed by atoms with van der Waals surface area (Å²) in [5.41, 5.74) is 0. The van der Waals surface area contributed by atoms with Crippen molar-refractivity contribution in [2.24, 2.45) is 0 Å². The molecule has 0 aromatic heterocycles. The Kier molecular flexibility index (Phi) is 141. The van der Waals surface area contributed by atoms with Gasteiger partial charge in [-0.25, -0.2) is 0 Å². The van der Waals surface area contributed by atoms with E-state index in [0.717, 1.165) is 0 Å². The molecule has 0 aliphatic carbocycles. The SMILES string of the molecule is [Co].[Co].[Nb].[Nb]. The van der Waals surface area contributed by atoms with E-state index >= 15 is 0 Å². The quantitative estimate of drug-likeness (QED) is 0.552. The predicted molar refractivity (Wildman–Crippen MR) is 0 cm³/mol. The normalized spacial score (nSPS) is 0. The molecule has 4 heavy (non-hydrogen) atoms. The first-order valence-electron chi connectivity index (χ1n) is 0. The summed E-state index contributed by atoms with van der Waals surface area (Å²) >= 11 is 0. The van der Waals surface area contributed by atoms with Crippen molar-refractivity contribution in [2.45, 2.75) is 0 Å². The fourth-order valence-electron chi connectivity index (χ4n) is 0. The molecule has 0 aliphatic heterocycles. The van der Waals surface area contributed by atoms with Crippen LogP contribution in [-0.2, 0) is 78.3 Å². The molecule has 0 aromatic rings. The molecule has 0 unspecified atom stereocenters. The molecule has 0 bridgehead atoms. The van der Waals surface area contributed by atoms with Gasteiger partial charge in [-0.15, -0.1) is 0 Å². The summed E-state index contributed by atoms with van der Waals surface area (Å²) in [6.45, 7) is 0. The van der Waals surface area contributed by atoms with Crippen LogP contribution in [-0.4, -0.2) is 0 Å². The maximum atomic E-state index is 0. The first kappa shape index (κ1) is 31.5. The molecule has 0 saturated carbocycles. The zero-order valence-corrected chi connectivity index (χ0v) is 8.04. The van der Waals surface area contributed by atoms with Gasteiger partial charge in [-0.2, -0.15) is 0 Å². The third-order valence-corrected chi connectivity index (χ3v) is 0. The molecule has 0 atom stereocenters. The molecule has 0 aromatic carbocycles. The topological polar surface area (TPSA) is 0 Å². The molecule has 0 nitrogen and oxygen atoms in total. The third-order valence-electron chi connectivity index (χ3n) is 0. The van der Waals surface area contributed by atoms with E-state index in [-0.39, 0.29) is 78.3 Å². The molecule has 0 aliphatic rings. The minimum atomic E-state index is 0. The Labute approximate surface area is 77.3 Å². The maximum Gasteiger partial charge on any atom is 0 e. The molecule has 0 heterocycles. The summed E-state index contributed by atoms with van der Waals surface area (Å²) < 4.78 is 0. The number of hydrogen-bond donors (Lipinski definition) is 0. The van der Waals surface area contributed by atoms with E-state index in [1.807, 2.05) is 0 Å². The fourth-order valence-corrected chi connectivity index (χ4v) is 0. The molecule has 0 fully saturated rings. The molecule has 4 heteroatoms. The van der Waals surface area contributed by atoms with Crippen molar-refractivity contribution in [3.8, 4) is 0 Å². The van der Waals surface area contributed by atoms with E-state index in [2.05, 4.69) is 0 Å². The van der Waals surface area contributed by atoms with E-state index in [1.165, 1.54) is 0 Å². The van der Waals surface area contributed by atoms with Crippen LogP contribution in [0.15, 0.2) is 0 Å². The van der Waals surface area contributed by atoms with Gasteiger partial charge in [0.25, 0.3) is 0 Å². The number of rotatable bonds is 0. The van der Waals surface area contributed by atoms with Crippen molar-refractivity contribution in [2.75, 3.05) is 0 Å². The summed E-state index contributed by atoms with van der Waals surface area (Å²) in [5.74, 6) is 0. The monoisotopic (exact) mass is 304 g/mol. The van der Waals surface area contributed by atoms with Crippen molar-refractivity contribution in [1.29, 1.82) is 0 Å². The third kappa shape index (κ3) is 8.82.